The molecule has 0 bridgehead atoms. The van der Waals surface area contributed by atoms with Crippen LogP contribution in [-0.2, 0) is 0 Å². The first kappa shape index (κ1) is 13.4. The summed E-state index contributed by atoms with van der Waals surface area (Å²) in [5, 5.41) is 0.974. The number of rotatable bonds is 2. The van der Waals surface area contributed by atoms with Crippen LogP contribution in [0.1, 0.15) is 22.3 Å². The zero-order chi connectivity index (χ0) is 14.8. The number of fused-ring (bicyclic) bond motifs is 1. The van der Waals surface area contributed by atoms with Gasteiger partial charge in [0.1, 0.15) is 5.58 Å². The molecular formula is C19H16O2. The minimum Gasteiger partial charge on any atom is -0.423 e. The van der Waals surface area contributed by atoms with Crippen LogP contribution in [0.2, 0.25) is 0 Å². The third kappa shape index (κ3) is 2.95. The fraction of sp³-hybridized carbons (Fsp3) is 0.105. The minimum absolute atomic E-state index is 0.306. The minimum atomic E-state index is -0.306. The summed E-state index contributed by atoms with van der Waals surface area (Å²) in [6.45, 7) is 3.99. The average Bonchev–Trinajstić information content (AvgIpc) is 2.46. The van der Waals surface area contributed by atoms with E-state index in [0.717, 1.165) is 22.1 Å². The quantitative estimate of drug-likeness (QED) is 0.506. The van der Waals surface area contributed by atoms with Crippen molar-refractivity contribution in [1.82, 2.24) is 0 Å². The van der Waals surface area contributed by atoms with Crippen molar-refractivity contribution in [2.24, 2.45) is 0 Å². The molecule has 0 saturated carbocycles. The zero-order valence-electron chi connectivity index (χ0n) is 12.1. The molecule has 2 nitrogen and oxygen atoms in total. The van der Waals surface area contributed by atoms with Crippen molar-refractivity contribution in [1.29, 1.82) is 0 Å². The lowest BCUT2D eigenvalue weighted by molar-refractivity contribution is 0.560. The van der Waals surface area contributed by atoms with Gasteiger partial charge in [0.2, 0.25) is 0 Å². The van der Waals surface area contributed by atoms with Gasteiger partial charge in [0.05, 0.1) is 0 Å². The Morgan fingerprint density at radius 2 is 1.52 bits per heavy atom. The van der Waals surface area contributed by atoms with Crippen molar-refractivity contribution in [2.75, 3.05) is 0 Å². The van der Waals surface area contributed by atoms with Crippen molar-refractivity contribution in [3.05, 3.63) is 81.2 Å². The third-order valence-corrected chi connectivity index (χ3v) is 3.52. The van der Waals surface area contributed by atoms with E-state index in [4.69, 9.17) is 4.42 Å². The molecule has 0 amide bonds. The molecule has 0 atom stereocenters. The third-order valence-electron chi connectivity index (χ3n) is 3.52. The van der Waals surface area contributed by atoms with Gasteiger partial charge in [0, 0.05) is 11.5 Å². The molecule has 0 aliphatic heterocycles. The summed E-state index contributed by atoms with van der Waals surface area (Å²) in [5.74, 6) is 0. The maximum Gasteiger partial charge on any atom is 0.336 e. The van der Waals surface area contributed by atoms with Crippen LogP contribution >= 0.6 is 0 Å². The van der Waals surface area contributed by atoms with Gasteiger partial charge >= 0.3 is 5.63 Å². The topological polar surface area (TPSA) is 30.2 Å². The highest BCUT2D eigenvalue weighted by molar-refractivity contribution is 5.83. The second-order valence-electron chi connectivity index (χ2n) is 5.25. The first-order valence-electron chi connectivity index (χ1n) is 6.91. The largest absolute Gasteiger partial charge is 0.423 e. The molecule has 21 heavy (non-hydrogen) atoms. The smallest absolute Gasteiger partial charge is 0.336 e. The molecule has 0 radical (unpaired) electrons. The van der Waals surface area contributed by atoms with Crippen molar-refractivity contribution >= 4 is 23.1 Å². The lowest BCUT2D eigenvalue weighted by Gasteiger charge is -2.01. The maximum absolute atomic E-state index is 11.4. The van der Waals surface area contributed by atoms with E-state index in [1.807, 2.05) is 31.2 Å². The molecule has 0 spiro atoms. The lowest BCUT2D eigenvalue weighted by Crippen LogP contribution is -1.97. The molecule has 1 aromatic heterocycles. The van der Waals surface area contributed by atoms with E-state index in [1.165, 1.54) is 11.6 Å². The van der Waals surface area contributed by atoms with Crippen molar-refractivity contribution < 1.29 is 4.42 Å². The Kier molecular flexibility index (Phi) is 3.44. The Bertz CT molecular complexity index is 868. The van der Waals surface area contributed by atoms with Gasteiger partial charge in [-0.2, -0.15) is 0 Å². The van der Waals surface area contributed by atoms with E-state index in [1.54, 1.807) is 0 Å². The second-order valence-corrected chi connectivity index (χ2v) is 5.25. The molecule has 1 heterocycles. The van der Waals surface area contributed by atoms with Crippen LogP contribution in [0.5, 0.6) is 0 Å². The van der Waals surface area contributed by atoms with Gasteiger partial charge in [-0.3, -0.25) is 0 Å². The molecule has 0 N–H and O–H groups in total. The van der Waals surface area contributed by atoms with Crippen molar-refractivity contribution in [3.8, 4) is 0 Å². The summed E-state index contributed by atoms with van der Waals surface area (Å²) in [7, 11) is 0. The summed E-state index contributed by atoms with van der Waals surface area (Å²) in [5.41, 5.74) is 4.67. The van der Waals surface area contributed by atoms with Crippen LogP contribution < -0.4 is 5.63 Å². The fourth-order valence-electron chi connectivity index (χ4n) is 2.32. The molecule has 0 aliphatic carbocycles. The number of hydrogen-bond donors (Lipinski definition) is 0. The van der Waals surface area contributed by atoms with E-state index in [-0.39, 0.29) is 5.63 Å². The van der Waals surface area contributed by atoms with E-state index in [0.29, 0.717) is 5.58 Å². The number of aryl methyl sites for hydroxylation is 2. The molecule has 3 rings (SSSR count). The molecule has 2 heteroatoms. The summed E-state index contributed by atoms with van der Waals surface area (Å²) >= 11 is 0. The van der Waals surface area contributed by atoms with Gasteiger partial charge in [-0.15, -0.1) is 0 Å². The van der Waals surface area contributed by atoms with E-state index < -0.39 is 0 Å². The SMILES string of the molecule is Cc1ccc(/C=C/c2ccc3c(C)cc(=O)oc3c2)cc1. The van der Waals surface area contributed by atoms with Gasteiger partial charge in [-0.05, 0) is 36.6 Å². The van der Waals surface area contributed by atoms with Crippen LogP contribution in [0.15, 0.2) is 57.7 Å². The monoisotopic (exact) mass is 276 g/mol. The number of hydrogen-bond acceptors (Lipinski definition) is 2. The van der Waals surface area contributed by atoms with Crippen molar-refractivity contribution in [2.45, 2.75) is 13.8 Å². The van der Waals surface area contributed by atoms with E-state index >= 15 is 0 Å². The molecule has 0 unspecified atom stereocenters. The first-order valence-corrected chi connectivity index (χ1v) is 6.91. The Morgan fingerprint density at radius 3 is 2.29 bits per heavy atom. The predicted molar refractivity (Wildman–Crippen MR) is 87.3 cm³/mol. The van der Waals surface area contributed by atoms with Gasteiger partial charge in [0.15, 0.2) is 0 Å². The first-order chi connectivity index (χ1) is 10.1. The van der Waals surface area contributed by atoms with Crippen LogP contribution in [0.4, 0.5) is 0 Å². The Balaban J connectivity index is 1.97. The van der Waals surface area contributed by atoms with E-state index in [9.17, 15) is 4.79 Å². The standard InChI is InChI=1S/C19H16O2/c1-13-3-5-15(6-4-13)7-8-16-9-10-17-14(2)11-19(20)21-18(17)12-16/h3-12H,1-2H3/b8-7+. The van der Waals surface area contributed by atoms with E-state index in [2.05, 4.69) is 37.3 Å². The molecule has 0 fully saturated rings. The van der Waals surface area contributed by atoms with Gasteiger partial charge in [0.25, 0.3) is 0 Å². The highest BCUT2D eigenvalue weighted by Gasteiger charge is 2.02. The summed E-state index contributed by atoms with van der Waals surface area (Å²) in [6.07, 6.45) is 4.07. The fourth-order valence-corrected chi connectivity index (χ4v) is 2.32. The predicted octanol–water partition coefficient (Wildman–Crippen LogP) is 4.58. The van der Waals surface area contributed by atoms with Crippen molar-refractivity contribution in [3.63, 3.8) is 0 Å². The van der Waals surface area contributed by atoms with Crippen LogP contribution in [0, 0.1) is 13.8 Å². The molecular weight excluding hydrogens is 260 g/mol. The average molecular weight is 276 g/mol. The molecule has 0 saturated heterocycles. The van der Waals surface area contributed by atoms with Gasteiger partial charge in [-0.25, -0.2) is 4.79 Å². The second kappa shape index (κ2) is 5.41. The summed E-state index contributed by atoms with van der Waals surface area (Å²) in [6, 6.07) is 15.8. The molecule has 0 aliphatic rings. The lowest BCUT2D eigenvalue weighted by atomic mass is 10.1. The Hall–Kier alpha value is -2.61. The van der Waals surface area contributed by atoms with Crippen LogP contribution in [-0.4, -0.2) is 0 Å². The van der Waals surface area contributed by atoms with Crippen LogP contribution in [0.25, 0.3) is 23.1 Å². The molecule has 2 aromatic carbocycles. The van der Waals surface area contributed by atoms with Gasteiger partial charge in [-0.1, -0.05) is 54.1 Å². The summed E-state index contributed by atoms with van der Waals surface area (Å²) < 4.78 is 5.26. The zero-order valence-corrected chi connectivity index (χ0v) is 12.1. The normalized spacial score (nSPS) is 11.3. The Morgan fingerprint density at radius 1 is 0.857 bits per heavy atom. The summed E-state index contributed by atoms with van der Waals surface area (Å²) in [4.78, 5) is 11.4. The Labute approximate surface area is 123 Å². The molecule has 104 valence electrons. The van der Waals surface area contributed by atoms with Gasteiger partial charge < -0.3 is 4.42 Å². The maximum atomic E-state index is 11.4. The highest BCUT2D eigenvalue weighted by Crippen LogP contribution is 2.19. The highest BCUT2D eigenvalue weighted by atomic mass is 16.4. The number of benzene rings is 2. The van der Waals surface area contributed by atoms with Crippen LogP contribution in [0.3, 0.4) is 0 Å². The molecule has 3 aromatic rings.